The molecule has 0 aliphatic heterocycles. The lowest BCUT2D eigenvalue weighted by atomic mass is 10.2. The fraction of sp³-hybridized carbons (Fsp3) is 0.733. The van der Waals surface area contributed by atoms with E-state index in [0.717, 1.165) is 31.4 Å². The molecular formula is C15H25NO2. The molecular weight excluding hydrogens is 226 g/mol. The van der Waals surface area contributed by atoms with Gasteiger partial charge in [-0.1, -0.05) is 26.2 Å². The van der Waals surface area contributed by atoms with Crippen LogP contribution in [0.2, 0.25) is 0 Å². The Balaban J connectivity index is 1.54. The molecule has 1 fully saturated rings. The van der Waals surface area contributed by atoms with Crippen molar-refractivity contribution in [3.8, 4) is 0 Å². The summed E-state index contributed by atoms with van der Waals surface area (Å²) in [5.74, 6) is 0.943. The second kappa shape index (κ2) is 7.59. The molecule has 1 N–H and O–H groups in total. The Hall–Kier alpha value is -0.800. The minimum Gasteiger partial charge on any atom is -0.467 e. The minimum absolute atomic E-state index is 0.607. The van der Waals surface area contributed by atoms with Crippen molar-refractivity contribution < 1.29 is 9.15 Å². The van der Waals surface area contributed by atoms with E-state index in [4.69, 9.17) is 9.15 Å². The zero-order valence-corrected chi connectivity index (χ0v) is 11.4. The predicted octanol–water partition coefficient (Wildman–Crippen LogP) is 3.63. The van der Waals surface area contributed by atoms with E-state index in [2.05, 4.69) is 18.3 Å². The van der Waals surface area contributed by atoms with E-state index in [0.29, 0.717) is 6.61 Å². The molecule has 0 bridgehead atoms. The normalized spacial score (nSPS) is 15.2. The highest BCUT2D eigenvalue weighted by Crippen LogP contribution is 2.19. The van der Waals surface area contributed by atoms with Crippen LogP contribution in [0.3, 0.4) is 0 Å². The number of unbranched alkanes of at least 4 members (excludes halogenated alkanes) is 3. The van der Waals surface area contributed by atoms with Gasteiger partial charge in [0.15, 0.2) is 0 Å². The minimum atomic E-state index is 0.607. The maximum atomic E-state index is 5.60. The largest absolute Gasteiger partial charge is 0.467 e. The smallest absolute Gasteiger partial charge is 0.129 e. The van der Waals surface area contributed by atoms with Crippen LogP contribution in [0.15, 0.2) is 16.7 Å². The van der Waals surface area contributed by atoms with Crippen molar-refractivity contribution in [2.75, 3.05) is 6.61 Å². The van der Waals surface area contributed by atoms with Crippen LogP contribution in [0.1, 0.15) is 56.8 Å². The molecule has 0 unspecified atom stereocenters. The van der Waals surface area contributed by atoms with Gasteiger partial charge in [0.1, 0.15) is 12.4 Å². The third kappa shape index (κ3) is 5.23. The topological polar surface area (TPSA) is 34.4 Å². The Morgan fingerprint density at radius 2 is 2.22 bits per heavy atom. The summed E-state index contributed by atoms with van der Waals surface area (Å²) in [6, 6.07) is 2.85. The van der Waals surface area contributed by atoms with E-state index >= 15 is 0 Å². The van der Waals surface area contributed by atoms with Gasteiger partial charge in [0.05, 0.1) is 6.26 Å². The van der Waals surface area contributed by atoms with Crippen LogP contribution < -0.4 is 5.32 Å². The maximum absolute atomic E-state index is 5.60. The molecule has 2 rings (SSSR count). The molecule has 1 saturated carbocycles. The van der Waals surface area contributed by atoms with Crippen molar-refractivity contribution in [1.82, 2.24) is 5.32 Å². The van der Waals surface area contributed by atoms with Crippen LogP contribution >= 0.6 is 0 Å². The lowest BCUT2D eigenvalue weighted by Gasteiger charge is -2.01. The molecule has 1 aliphatic carbocycles. The average Bonchev–Trinajstić information content (AvgIpc) is 3.11. The van der Waals surface area contributed by atoms with Gasteiger partial charge >= 0.3 is 0 Å². The zero-order chi connectivity index (χ0) is 12.6. The molecule has 3 nitrogen and oxygen atoms in total. The van der Waals surface area contributed by atoms with Crippen molar-refractivity contribution in [2.24, 2.45) is 0 Å². The Labute approximate surface area is 110 Å². The number of ether oxygens (including phenoxy) is 1. The van der Waals surface area contributed by atoms with E-state index in [9.17, 15) is 0 Å². The van der Waals surface area contributed by atoms with Crippen molar-refractivity contribution in [1.29, 1.82) is 0 Å². The number of hydrogen-bond acceptors (Lipinski definition) is 3. The van der Waals surface area contributed by atoms with Crippen LogP contribution in [-0.4, -0.2) is 12.6 Å². The van der Waals surface area contributed by atoms with Crippen LogP contribution in [0, 0.1) is 0 Å². The number of furan rings is 1. The van der Waals surface area contributed by atoms with Crippen LogP contribution in [0.5, 0.6) is 0 Å². The van der Waals surface area contributed by atoms with Crippen molar-refractivity contribution in [3.63, 3.8) is 0 Å². The first-order valence-corrected chi connectivity index (χ1v) is 7.26. The molecule has 0 amide bonds. The summed E-state index contributed by atoms with van der Waals surface area (Å²) >= 11 is 0. The summed E-state index contributed by atoms with van der Waals surface area (Å²) in [6.45, 7) is 4.59. The molecule has 1 aromatic rings. The summed E-state index contributed by atoms with van der Waals surface area (Å²) in [5.41, 5.74) is 1.23. The van der Waals surface area contributed by atoms with Gasteiger partial charge in [-0.3, -0.25) is 0 Å². The quantitative estimate of drug-likeness (QED) is 0.645. The number of nitrogens with one attached hydrogen (secondary N) is 1. The Morgan fingerprint density at radius 3 is 3.00 bits per heavy atom. The third-order valence-corrected chi connectivity index (χ3v) is 3.27. The summed E-state index contributed by atoms with van der Waals surface area (Å²) in [4.78, 5) is 0. The highest BCUT2D eigenvalue weighted by Gasteiger charge is 2.20. The molecule has 1 heterocycles. The predicted molar refractivity (Wildman–Crippen MR) is 72.4 cm³/mol. The first-order valence-electron chi connectivity index (χ1n) is 7.26. The lowest BCUT2D eigenvalue weighted by molar-refractivity contribution is 0.102. The molecule has 18 heavy (non-hydrogen) atoms. The first kappa shape index (κ1) is 13.6. The highest BCUT2D eigenvalue weighted by molar-refractivity contribution is 5.12. The molecule has 1 aliphatic rings. The van der Waals surface area contributed by atoms with Crippen molar-refractivity contribution >= 4 is 0 Å². The molecule has 0 atom stereocenters. The summed E-state index contributed by atoms with van der Waals surface area (Å²) < 4.78 is 11.1. The Kier molecular flexibility index (Phi) is 5.75. The van der Waals surface area contributed by atoms with Gasteiger partial charge < -0.3 is 14.5 Å². The first-order chi connectivity index (χ1) is 8.88. The Morgan fingerprint density at radius 1 is 1.33 bits per heavy atom. The zero-order valence-electron chi connectivity index (χ0n) is 11.4. The molecule has 3 heteroatoms. The van der Waals surface area contributed by atoms with Crippen molar-refractivity contribution in [3.05, 3.63) is 23.7 Å². The molecule has 0 aromatic carbocycles. The summed E-state index contributed by atoms with van der Waals surface area (Å²) in [5, 5.41) is 3.48. The van der Waals surface area contributed by atoms with Crippen LogP contribution in [0.4, 0.5) is 0 Å². The van der Waals surface area contributed by atoms with E-state index in [1.165, 1.54) is 37.7 Å². The van der Waals surface area contributed by atoms with Gasteiger partial charge in [0, 0.05) is 24.8 Å². The van der Waals surface area contributed by atoms with E-state index in [1.54, 1.807) is 0 Å². The highest BCUT2D eigenvalue weighted by atomic mass is 16.5. The van der Waals surface area contributed by atoms with Gasteiger partial charge in [0.25, 0.3) is 0 Å². The molecule has 0 saturated heterocycles. The SMILES string of the molecule is CCCCCCOCc1cc(CNC2CC2)co1. The summed E-state index contributed by atoms with van der Waals surface area (Å²) in [6.07, 6.45) is 9.49. The van der Waals surface area contributed by atoms with E-state index in [-0.39, 0.29) is 0 Å². The number of rotatable bonds is 10. The second-order valence-corrected chi connectivity index (χ2v) is 5.19. The maximum Gasteiger partial charge on any atom is 0.129 e. The van der Waals surface area contributed by atoms with Crippen LogP contribution in [-0.2, 0) is 17.9 Å². The van der Waals surface area contributed by atoms with Crippen LogP contribution in [0.25, 0.3) is 0 Å². The Bertz CT molecular complexity index is 331. The lowest BCUT2D eigenvalue weighted by Crippen LogP contribution is -2.14. The van der Waals surface area contributed by atoms with Crippen molar-refractivity contribution in [2.45, 2.75) is 64.6 Å². The number of hydrogen-bond donors (Lipinski definition) is 1. The molecule has 1 aromatic heterocycles. The van der Waals surface area contributed by atoms with Gasteiger partial charge in [-0.05, 0) is 25.3 Å². The molecule has 0 spiro atoms. The fourth-order valence-corrected chi connectivity index (χ4v) is 1.95. The van der Waals surface area contributed by atoms with E-state index in [1.807, 2.05) is 6.26 Å². The standard InChI is InChI=1S/C15H25NO2/c1-2-3-4-5-8-17-12-15-9-13(11-18-15)10-16-14-6-7-14/h9,11,14,16H,2-8,10,12H2,1H3. The van der Waals surface area contributed by atoms with Gasteiger partial charge in [-0.15, -0.1) is 0 Å². The van der Waals surface area contributed by atoms with Gasteiger partial charge in [-0.2, -0.15) is 0 Å². The average molecular weight is 251 g/mol. The monoisotopic (exact) mass is 251 g/mol. The van der Waals surface area contributed by atoms with Gasteiger partial charge in [-0.25, -0.2) is 0 Å². The fourth-order valence-electron chi connectivity index (χ4n) is 1.95. The summed E-state index contributed by atoms with van der Waals surface area (Å²) in [7, 11) is 0. The van der Waals surface area contributed by atoms with E-state index < -0.39 is 0 Å². The second-order valence-electron chi connectivity index (χ2n) is 5.19. The molecule has 102 valence electrons. The third-order valence-electron chi connectivity index (χ3n) is 3.27. The molecule has 0 radical (unpaired) electrons. The van der Waals surface area contributed by atoms with Gasteiger partial charge in [0.2, 0.25) is 0 Å².